The fourth-order valence-electron chi connectivity index (χ4n) is 2.19. The SMILES string of the molecule is NC(=S)c1ccccc1NC(=O)COCCC1CCC1. The largest absolute Gasteiger partial charge is 0.389 e. The number of para-hydroxylation sites is 1. The molecular weight excluding hydrogens is 272 g/mol. The van der Waals surface area contributed by atoms with Crippen LogP contribution < -0.4 is 11.1 Å². The fourth-order valence-corrected chi connectivity index (χ4v) is 2.37. The van der Waals surface area contributed by atoms with Crippen molar-refractivity contribution in [3.8, 4) is 0 Å². The van der Waals surface area contributed by atoms with E-state index in [0.717, 1.165) is 12.3 Å². The number of nitrogens with two attached hydrogens (primary N) is 1. The van der Waals surface area contributed by atoms with Gasteiger partial charge < -0.3 is 15.8 Å². The lowest BCUT2D eigenvalue weighted by Crippen LogP contribution is -2.22. The van der Waals surface area contributed by atoms with Crippen molar-refractivity contribution in [1.82, 2.24) is 0 Å². The third kappa shape index (κ3) is 4.28. The van der Waals surface area contributed by atoms with E-state index in [1.165, 1.54) is 19.3 Å². The second kappa shape index (κ2) is 7.36. The molecule has 1 aromatic rings. The number of rotatable bonds is 7. The van der Waals surface area contributed by atoms with E-state index in [4.69, 9.17) is 22.7 Å². The highest BCUT2D eigenvalue weighted by Gasteiger charge is 2.16. The van der Waals surface area contributed by atoms with Gasteiger partial charge in [-0.3, -0.25) is 4.79 Å². The summed E-state index contributed by atoms with van der Waals surface area (Å²) in [6.07, 6.45) is 4.99. The lowest BCUT2D eigenvalue weighted by atomic mass is 9.83. The van der Waals surface area contributed by atoms with Gasteiger partial charge in [-0.05, 0) is 24.5 Å². The van der Waals surface area contributed by atoms with Crippen LogP contribution in [0.5, 0.6) is 0 Å². The van der Waals surface area contributed by atoms with Crippen molar-refractivity contribution in [3.05, 3.63) is 29.8 Å². The summed E-state index contributed by atoms with van der Waals surface area (Å²) in [5.41, 5.74) is 6.92. The normalized spacial score (nSPS) is 14.6. The van der Waals surface area contributed by atoms with Gasteiger partial charge in [0, 0.05) is 12.2 Å². The van der Waals surface area contributed by atoms with Crippen LogP contribution in [-0.2, 0) is 9.53 Å². The maximum Gasteiger partial charge on any atom is 0.250 e. The Bertz CT molecular complexity index is 487. The van der Waals surface area contributed by atoms with Crippen molar-refractivity contribution in [2.75, 3.05) is 18.5 Å². The summed E-state index contributed by atoms with van der Waals surface area (Å²) in [4.78, 5) is 12.1. The van der Waals surface area contributed by atoms with Gasteiger partial charge in [-0.2, -0.15) is 0 Å². The van der Waals surface area contributed by atoms with E-state index in [2.05, 4.69) is 5.32 Å². The van der Waals surface area contributed by atoms with E-state index in [1.807, 2.05) is 12.1 Å². The summed E-state index contributed by atoms with van der Waals surface area (Å²) >= 11 is 4.95. The smallest absolute Gasteiger partial charge is 0.250 e. The van der Waals surface area contributed by atoms with Crippen LogP contribution in [0, 0.1) is 5.92 Å². The molecule has 0 atom stereocenters. The molecule has 1 aliphatic carbocycles. The van der Waals surface area contributed by atoms with Crippen LogP contribution in [0.4, 0.5) is 5.69 Å². The number of hydrogen-bond acceptors (Lipinski definition) is 3. The molecule has 0 spiro atoms. The maximum atomic E-state index is 11.8. The summed E-state index contributed by atoms with van der Waals surface area (Å²) in [5, 5.41) is 2.78. The standard InChI is InChI=1S/C15H20N2O2S/c16-15(20)12-6-1-2-7-13(12)17-14(18)10-19-9-8-11-4-3-5-11/h1-2,6-7,11H,3-5,8-10H2,(H2,16,20)(H,17,18). The van der Waals surface area contributed by atoms with Gasteiger partial charge in [0.25, 0.3) is 0 Å². The van der Waals surface area contributed by atoms with Gasteiger partial charge in [-0.15, -0.1) is 0 Å². The van der Waals surface area contributed by atoms with Crippen molar-refractivity contribution >= 4 is 28.8 Å². The van der Waals surface area contributed by atoms with Gasteiger partial charge in [0.15, 0.2) is 0 Å². The molecule has 0 radical (unpaired) electrons. The molecule has 5 heteroatoms. The van der Waals surface area contributed by atoms with E-state index in [9.17, 15) is 4.79 Å². The number of carbonyl (C=O) groups is 1. The molecular formula is C15H20N2O2S. The van der Waals surface area contributed by atoms with Gasteiger partial charge in [0.1, 0.15) is 11.6 Å². The average Bonchev–Trinajstić information content (AvgIpc) is 2.36. The number of amides is 1. The summed E-state index contributed by atoms with van der Waals surface area (Å²) < 4.78 is 5.40. The maximum absolute atomic E-state index is 11.8. The van der Waals surface area contributed by atoms with Gasteiger partial charge >= 0.3 is 0 Å². The second-order valence-electron chi connectivity index (χ2n) is 5.10. The topological polar surface area (TPSA) is 64.3 Å². The van der Waals surface area contributed by atoms with Crippen LogP contribution in [0.15, 0.2) is 24.3 Å². The molecule has 1 aromatic carbocycles. The van der Waals surface area contributed by atoms with Gasteiger partial charge in [-0.1, -0.05) is 43.6 Å². The second-order valence-corrected chi connectivity index (χ2v) is 5.54. The molecule has 1 amide bonds. The minimum absolute atomic E-state index is 0.0678. The Morgan fingerprint density at radius 1 is 1.40 bits per heavy atom. The minimum atomic E-state index is -0.178. The van der Waals surface area contributed by atoms with Crippen LogP contribution in [-0.4, -0.2) is 24.1 Å². The molecule has 1 fully saturated rings. The highest BCUT2D eigenvalue weighted by molar-refractivity contribution is 7.80. The van der Waals surface area contributed by atoms with E-state index >= 15 is 0 Å². The first-order valence-corrected chi connectivity index (χ1v) is 7.34. The number of carbonyl (C=O) groups excluding carboxylic acids is 1. The zero-order valence-corrected chi connectivity index (χ0v) is 12.2. The van der Waals surface area contributed by atoms with Crippen molar-refractivity contribution in [3.63, 3.8) is 0 Å². The van der Waals surface area contributed by atoms with E-state index < -0.39 is 0 Å². The van der Waals surface area contributed by atoms with E-state index in [-0.39, 0.29) is 17.5 Å². The van der Waals surface area contributed by atoms with Crippen molar-refractivity contribution in [2.24, 2.45) is 11.7 Å². The van der Waals surface area contributed by atoms with Crippen LogP contribution in [0.1, 0.15) is 31.2 Å². The van der Waals surface area contributed by atoms with E-state index in [0.29, 0.717) is 17.9 Å². The molecule has 3 N–H and O–H groups in total. The summed E-state index contributed by atoms with van der Waals surface area (Å²) in [6.45, 7) is 0.716. The minimum Gasteiger partial charge on any atom is -0.389 e. The number of nitrogens with one attached hydrogen (secondary N) is 1. The first-order chi connectivity index (χ1) is 9.66. The lowest BCUT2D eigenvalue weighted by Gasteiger charge is -2.24. The molecule has 2 rings (SSSR count). The molecule has 1 aliphatic rings. The monoisotopic (exact) mass is 292 g/mol. The molecule has 0 saturated heterocycles. The summed E-state index contributed by atoms with van der Waals surface area (Å²) in [5.74, 6) is 0.621. The van der Waals surface area contributed by atoms with Crippen molar-refractivity contribution in [1.29, 1.82) is 0 Å². The third-order valence-corrected chi connectivity index (χ3v) is 3.81. The molecule has 0 aromatic heterocycles. The molecule has 20 heavy (non-hydrogen) atoms. The first-order valence-electron chi connectivity index (χ1n) is 6.93. The number of thiocarbonyl (C=S) groups is 1. The lowest BCUT2D eigenvalue weighted by molar-refractivity contribution is -0.120. The molecule has 1 saturated carbocycles. The van der Waals surface area contributed by atoms with Gasteiger partial charge in [0.2, 0.25) is 5.91 Å². The Balaban J connectivity index is 1.74. The van der Waals surface area contributed by atoms with E-state index in [1.54, 1.807) is 12.1 Å². The number of hydrogen-bond donors (Lipinski definition) is 2. The quantitative estimate of drug-likeness (QED) is 0.598. The highest BCUT2D eigenvalue weighted by atomic mass is 32.1. The Morgan fingerprint density at radius 2 is 2.15 bits per heavy atom. The Labute approximate surface area is 124 Å². The summed E-state index contributed by atoms with van der Waals surface area (Å²) in [7, 11) is 0. The predicted octanol–water partition coefficient (Wildman–Crippen LogP) is 2.47. The molecule has 0 heterocycles. The predicted molar refractivity (Wildman–Crippen MR) is 83.7 cm³/mol. The zero-order chi connectivity index (χ0) is 14.4. The Hall–Kier alpha value is -1.46. The molecule has 0 unspecified atom stereocenters. The summed E-state index contributed by atoms with van der Waals surface area (Å²) in [6, 6.07) is 7.23. The zero-order valence-electron chi connectivity index (χ0n) is 11.4. The van der Waals surface area contributed by atoms with Crippen LogP contribution in [0.25, 0.3) is 0 Å². The molecule has 4 nitrogen and oxygen atoms in total. The molecule has 0 bridgehead atoms. The number of anilines is 1. The third-order valence-electron chi connectivity index (χ3n) is 3.59. The Kier molecular flexibility index (Phi) is 5.49. The van der Waals surface area contributed by atoms with Crippen molar-refractivity contribution < 1.29 is 9.53 Å². The van der Waals surface area contributed by atoms with Crippen LogP contribution >= 0.6 is 12.2 Å². The molecule has 0 aliphatic heterocycles. The van der Waals surface area contributed by atoms with Crippen LogP contribution in [0.2, 0.25) is 0 Å². The van der Waals surface area contributed by atoms with Crippen LogP contribution in [0.3, 0.4) is 0 Å². The van der Waals surface area contributed by atoms with Gasteiger partial charge in [-0.25, -0.2) is 0 Å². The first kappa shape index (κ1) is 14.9. The van der Waals surface area contributed by atoms with Gasteiger partial charge in [0.05, 0.1) is 5.69 Å². The number of ether oxygens (including phenoxy) is 1. The van der Waals surface area contributed by atoms with Crippen molar-refractivity contribution in [2.45, 2.75) is 25.7 Å². The number of benzene rings is 1. The highest BCUT2D eigenvalue weighted by Crippen LogP contribution is 2.29. The Morgan fingerprint density at radius 3 is 2.80 bits per heavy atom. The molecule has 108 valence electrons. The fraction of sp³-hybridized carbons (Fsp3) is 0.467. The average molecular weight is 292 g/mol.